The predicted molar refractivity (Wildman–Crippen MR) is 70.0 cm³/mol. The van der Waals surface area contributed by atoms with Crippen LogP contribution in [0.4, 0.5) is 4.39 Å². The fraction of sp³-hybridized carbons (Fsp3) is 0.462. The number of carbonyl (C=O) groups is 1. The number of hydrogen-bond acceptors (Lipinski definition) is 4. The Morgan fingerprint density at radius 3 is 2.85 bits per heavy atom. The van der Waals surface area contributed by atoms with E-state index < -0.39 is 33.0 Å². The summed E-state index contributed by atoms with van der Waals surface area (Å²) < 4.78 is 42.6. The number of sulfone groups is 1. The van der Waals surface area contributed by atoms with Crippen LogP contribution in [0.2, 0.25) is 0 Å². The molecule has 5 nitrogen and oxygen atoms in total. The molecule has 2 atom stereocenters. The topological polar surface area (TPSA) is 80.7 Å². The summed E-state index contributed by atoms with van der Waals surface area (Å²) in [4.78, 5) is 10.9. The molecule has 0 aromatic heterocycles. The van der Waals surface area contributed by atoms with Gasteiger partial charge in [0.05, 0.1) is 5.75 Å². The highest BCUT2D eigenvalue weighted by molar-refractivity contribution is 7.92. The first-order valence-corrected chi connectivity index (χ1v) is 7.94. The Morgan fingerprint density at radius 1 is 1.55 bits per heavy atom. The van der Waals surface area contributed by atoms with Crippen molar-refractivity contribution in [2.75, 3.05) is 5.75 Å². The van der Waals surface area contributed by atoms with Crippen LogP contribution in [0, 0.1) is 5.82 Å². The minimum absolute atomic E-state index is 0.00592. The molecule has 2 rings (SSSR count). The maximum absolute atomic E-state index is 13.1. The molecule has 0 aliphatic carbocycles. The van der Waals surface area contributed by atoms with Gasteiger partial charge in [-0.2, -0.15) is 0 Å². The molecule has 1 N–H and O–H groups in total. The Kier molecular flexibility index (Phi) is 3.99. The van der Waals surface area contributed by atoms with Crippen LogP contribution in [0.1, 0.15) is 18.9 Å². The largest absolute Gasteiger partial charge is 0.489 e. The van der Waals surface area contributed by atoms with E-state index in [1.807, 2.05) is 0 Å². The van der Waals surface area contributed by atoms with E-state index >= 15 is 0 Å². The van der Waals surface area contributed by atoms with Crippen LogP contribution in [-0.4, -0.2) is 36.6 Å². The van der Waals surface area contributed by atoms with Crippen LogP contribution in [0.15, 0.2) is 18.2 Å². The Bertz CT molecular complexity index is 626. The summed E-state index contributed by atoms with van der Waals surface area (Å²) in [6, 6.07) is 3.99. The molecule has 1 aliphatic rings. The number of carboxylic acid groups (broad SMARTS) is 1. The summed E-state index contributed by atoms with van der Waals surface area (Å²) in [6.07, 6.45) is -0.390. The highest BCUT2D eigenvalue weighted by Gasteiger charge is 2.36. The van der Waals surface area contributed by atoms with Crippen LogP contribution in [0.3, 0.4) is 0 Å². The van der Waals surface area contributed by atoms with Gasteiger partial charge in [0, 0.05) is 12.0 Å². The van der Waals surface area contributed by atoms with Gasteiger partial charge in [0.15, 0.2) is 15.1 Å². The number of carboxylic acids is 1. The van der Waals surface area contributed by atoms with Gasteiger partial charge in [-0.25, -0.2) is 12.8 Å². The molecule has 1 heterocycles. The zero-order chi connectivity index (χ0) is 14.9. The van der Waals surface area contributed by atoms with Gasteiger partial charge in [-0.05, 0) is 24.6 Å². The first-order valence-electron chi connectivity index (χ1n) is 6.23. The summed E-state index contributed by atoms with van der Waals surface area (Å²) in [6.45, 7) is 1.51. The first kappa shape index (κ1) is 14.8. The molecule has 2 unspecified atom stereocenters. The normalized spacial score (nSPS) is 19.2. The number of benzene rings is 1. The molecule has 0 amide bonds. The minimum Gasteiger partial charge on any atom is -0.489 e. The SMILES string of the molecule is CCC(C(=O)O)S(=O)(=O)CC1Cc2cc(F)ccc2O1. The lowest BCUT2D eigenvalue weighted by molar-refractivity contribution is -0.136. The molecule has 0 radical (unpaired) electrons. The molecule has 7 heteroatoms. The van der Waals surface area contributed by atoms with E-state index in [4.69, 9.17) is 9.84 Å². The number of hydrogen-bond donors (Lipinski definition) is 1. The number of aliphatic carboxylic acids is 1. The lowest BCUT2D eigenvalue weighted by atomic mass is 10.1. The lowest BCUT2D eigenvalue weighted by Gasteiger charge is -2.15. The van der Waals surface area contributed by atoms with Gasteiger partial charge in [0.2, 0.25) is 0 Å². The highest BCUT2D eigenvalue weighted by atomic mass is 32.2. The van der Waals surface area contributed by atoms with Crippen molar-refractivity contribution in [3.63, 3.8) is 0 Å². The van der Waals surface area contributed by atoms with Crippen LogP contribution >= 0.6 is 0 Å². The first-order chi connectivity index (χ1) is 9.33. The lowest BCUT2D eigenvalue weighted by Crippen LogP contribution is -2.36. The van der Waals surface area contributed by atoms with Gasteiger partial charge >= 0.3 is 5.97 Å². The highest BCUT2D eigenvalue weighted by Crippen LogP contribution is 2.30. The van der Waals surface area contributed by atoms with Gasteiger partial charge in [-0.3, -0.25) is 4.79 Å². The fourth-order valence-corrected chi connectivity index (χ4v) is 4.09. The predicted octanol–water partition coefficient (Wildman–Crippen LogP) is 1.41. The summed E-state index contributed by atoms with van der Waals surface area (Å²) in [7, 11) is -3.80. The average molecular weight is 302 g/mol. The maximum atomic E-state index is 13.1. The van der Waals surface area contributed by atoms with Gasteiger partial charge in [-0.1, -0.05) is 6.92 Å². The average Bonchev–Trinajstić information content (AvgIpc) is 2.68. The van der Waals surface area contributed by atoms with E-state index in [1.54, 1.807) is 0 Å². The summed E-state index contributed by atoms with van der Waals surface area (Å²) in [5.41, 5.74) is 0.605. The summed E-state index contributed by atoms with van der Waals surface area (Å²) in [5, 5.41) is 7.50. The molecule has 110 valence electrons. The molecule has 20 heavy (non-hydrogen) atoms. The van der Waals surface area contributed by atoms with E-state index in [0.717, 1.165) is 0 Å². The second kappa shape index (κ2) is 5.40. The molecule has 0 spiro atoms. The number of ether oxygens (including phenoxy) is 1. The quantitative estimate of drug-likeness (QED) is 0.889. The van der Waals surface area contributed by atoms with E-state index in [9.17, 15) is 17.6 Å². The number of fused-ring (bicyclic) bond motifs is 1. The van der Waals surface area contributed by atoms with Crippen molar-refractivity contribution in [3.8, 4) is 5.75 Å². The van der Waals surface area contributed by atoms with Gasteiger partial charge in [0.25, 0.3) is 0 Å². The van der Waals surface area contributed by atoms with Gasteiger partial charge < -0.3 is 9.84 Å². The molecule has 1 aromatic carbocycles. The second-order valence-corrected chi connectivity index (χ2v) is 6.99. The van der Waals surface area contributed by atoms with E-state index in [1.165, 1.54) is 25.1 Å². The molecular formula is C13H15FO5S. The van der Waals surface area contributed by atoms with Crippen LogP contribution in [0.25, 0.3) is 0 Å². The third kappa shape index (κ3) is 2.92. The van der Waals surface area contributed by atoms with Crippen molar-refractivity contribution < 1.29 is 27.4 Å². The Hall–Kier alpha value is -1.63. The number of halogens is 1. The van der Waals surface area contributed by atoms with Crippen LogP contribution in [-0.2, 0) is 21.1 Å². The fourth-order valence-electron chi connectivity index (χ4n) is 2.34. The Labute approximate surface area is 116 Å². The zero-order valence-electron chi connectivity index (χ0n) is 10.9. The maximum Gasteiger partial charge on any atom is 0.321 e. The second-order valence-electron chi connectivity index (χ2n) is 4.76. The minimum atomic E-state index is -3.80. The molecule has 1 aliphatic heterocycles. The van der Waals surface area contributed by atoms with Crippen LogP contribution < -0.4 is 4.74 Å². The van der Waals surface area contributed by atoms with E-state index in [-0.39, 0.29) is 18.6 Å². The smallest absolute Gasteiger partial charge is 0.321 e. The summed E-state index contributed by atoms with van der Waals surface area (Å²) >= 11 is 0. The van der Waals surface area contributed by atoms with E-state index in [0.29, 0.717) is 11.3 Å². The molecular weight excluding hydrogens is 287 g/mol. The standard InChI is InChI=1S/C13H15FO5S/c1-2-12(13(15)16)20(17,18)7-10-6-8-5-9(14)3-4-11(8)19-10/h3-5,10,12H,2,6-7H2,1H3,(H,15,16). The van der Waals surface area contributed by atoms with Gasteiger partial charge in [0.1, 0.15) is 17.7 Å². The third-order valence-corrected chi connectivity index (χ3v) is 5.50. The van der Waals surface area contributed by atoms with E-state index in [2.05, 4.69) is 0 Å². The molecule has 0 bridgehead atoms. The summed E-state index contributed by atoms with van der Waals surface area (Å²) in [5.74, 6) is -1.69. The van der Waals surface area contributed by atoms with Crippen molar-refractivity contribution in [2.45, 2.75) is 31.1 Å². The van der Waals surface area contributed by atoms with Crippen molar-refractivity contribution in [1.82, 2.24) is 0 Å². The van der Waals surface area contributed by atoms with Crippen molar-refractivity contribution in [3.05, 3.63) is 29.6 Å². The van der Waals surface area contributed by atoms with Crippen molar-refractivity contribution in [2.24, 2.45) is 0 Å². The van der Waals surface area contributed by atoms with Crippen molar-refractivity contribution >= 4 is 15.8 Å². The molecule has 0 saturated heterocycles. The molecule has 1 aromatic rings. The third-order valence-electron chi connectivity index (χ3n) is 3.26. The Morgan fingerprint density at radius 2 is 2.25 bits per heavy atom. The van der Waals surface area contributed by atoms with Crippen LogP contribution in [0.5, 0.6) is 5.75 Å². The van der Waals surface area contributed by atoms with Gasteiger partial charge in [-0.15, -0.1) is 0 Å². The zero-order valence-corrected chi connectivity index (χ0v) is 11.7. The van der Waals surface area contributed by atoms with Crippen molar-refractivity contribution in [1.29, 1.82) is 0 Å². The molecule has 0 saturated carbocycles. The number of rotatable bonds is 5. The molecule has 0 fully saturated rings. The monoisotopic (exact) mass is 302 g/mol. The Balaban J connectivity index is 2.12.